The van der Waals surface area contributed by atoms with Gasteiger partial charge in [-0.1, -0.05) is 48.9 Å². The highest BCUT2D eigenvalue weighted by atomic mass is 14.2. The quantitative estimate of drug-likeness (QED) is 0.697. The number of rotatable bonds is 3. The fourth-order valence-electron chi connectivity index (χ4n) is 2.69. The molecule has 0 heteroatoms. The van der Waals surface area contributed by atoms with Crippen molar-refractivity contribution >= 4 is 0 Å². The molecule has 0 bridgehead atoms. The zero-order chi connectivity index (χ0) is 11.4. The summed E-state index contributed by atoms with van der Waals surface area (Å²) in [5.74, 6) is 1.53. The zero-order valence-corrected chi connectivity index (χ0v) is 10.3. The lowest BCUT2D eigenvalue weighted by Gasteiger charge is -2.24. The summed E-state index contributed by atoms with van der Waals surface area (Å²) in [6.45, 7) is 4.55. The second kappa shape index (κ2) is 5.34. The van der Waals surface area contributed by atoms with Crippen LogP contribution in [0.15, 0.2) is 42.0 Å². The average molecular weight is 213 g/mol. The van der Waals surface area contributed by atoms with E-state index in [0.29, 0.717) is 0 Å². The van der Waals surface area contributed by atoms with E-state index >= 15 is 0 Å². The number of hydrogen-bond donors (Lipinski definition) is 0. The van der Waals surface area contributed by atoms with Gasteiger partial charge in [-0.3, -0.25) is 0 Å². The summed E-state index contributed by atoms with van der Waals surface area (Å²) >= 11 is 0. The van der Waals surface area contributed by atoms with Crippen LogP contribution in [0.2, 0.25) is 0 Å². The van der Waals surface area contributed by atoms with Crippen LogP contribution in [0.4, 0.5) is 0 Å². The van der Waals surface area contributed by atoms with E-state index in [0.717, 1.165) is 11.8 Å². The molecule has 0 nitrogen and oxygen atoms in total. The molecule has 1 radical (unpaired) electrons. The molecule has 2 atom stereocenters. The van der Waals surface area contributed by atoms with Gasteiger partial charge in [-0.2, -0.15) is 0 Å². The maximum Gasteiger partial charge on any atom is -0.0112 e. The minimum absolute atomic E-state index is 0.755. The molecule has 2 rings (SSSR count). The van der Waals surface area contributed by atoms with Gasteiger partial charge in [-0.25, -0.2) is 0 Å². The van der Waals surface area contributed by atoms with Crippen molar-refractivity contribution in [1.29, 1.82) is 0 Å². The highest BCUT2D eigenvalue weighted by Gasteiger charge is 2.17. The summed E-state index contributed by atoms with van der Waals surface area (Å²) in [6.07, 6.45) is 8.66. The fraction of sp³-hybridized carbons (Fsp3) is 0.438. The first kappa shape index (κ1) is 11.4. The number of allylic oxidation sites excluding steroid dienone is 2. The van der Waals surface area contributed by atoms with Crippen LogP contribution in [-0.4, -0.2) is 0 Å². The molecule has 16 heavy (non-hydrogen) atoms. The molecule has 0 saturated carbocycles. The summed E-state index contributed by atoms with van der Waals surface area (Å²) in [4.78, 5) is 0. The van der Waals surface area contributed by atoms with Gasteiger partial charge in [0.2, 0.25) is 0 Å². The Morgan fingerprint density at radius 2 is 1.94 bits per heavy atom. The first-order valence-electron chi connectivity index (χ1n) is 6.31. The first-order valence-corrected chi connectivity index (χ1v) is 6.31. The Morgan fingerprint density at radius 3 is 2.62 bits per heavy atom. The Labute approximate surface area is 99.4 Å². The van der Waals surface area contributed by atoms with Crippen molar-refractivity contribution in [2.24, 2.45) is 11.8 Å². The van der Waals surface area contributed by atoms with Crippen LogP contribution in [0.1, 0.15) is 32.3 Å². The number of benzene rings is 1. The van der Waals surface area contributed by atoms with Crippen LogP contribution >= 0.6 is 0 Å². The first-order chi connectivity index (χ1) is 7.74. The van der Waals surface area contributed by atoms with E-state index in [1.165, 1.54) is 30.4 Å². The molecular formula is C16H21. The van der Waals surface area contributed by atoms with E-state index in [4.69, 9.17) is 0 Å². The van der Waals surface area contributed by atoms with Crippen molar-refractivity contribution in [2.45, 2.75) is 33.1 Å². The SMILES string of the molecule is CC1=CC(CCc2ccccc2)CC(C)[CH]1. The van der Waals surface area contributed by atoms with Crippen molar-refractivity contribution in [3.8, 4) is 0 Å². The maximum absolute atomic E-state index is 2.45. The van der Waals surface area contributed by atoms with Crippen LogP contribution in [-0.2, 0) is 6.42 Å². The van der Waals surface area contributed by atoms with Crippen molar-refractivity contribution < 1.29 is 0 Å². The van der Waals surface area contributed by atoms with Gasteiger partial charge in [0, 0.05) is 0 Å². The molecule has 0 saturated heterocycles. The molecule has 1 aliphatic carbocycles. The molecule has 0 amide bonds. The van der Waals surface area contributed by atoms with E-state index in [1.807, 2.05) is 0 Å². The third-order valence-electron chi connectivity index (χ3n) is 3.37. The van der Waals surface area contributed by atoms with Crippen LogP contribution in [0.25, 0.3) is 0 Å². The van der Waals surface area contributed by atoms with Crippen molar-refractivity contribution in [3.05, 3.63) is 54.0 Å². The van der Waals surface area contributed by atoms with Gasteiger partial charge in [0.1, 0.15) is 0 Å². The van der Waals surface area contributed by atoms with Gasteiger partial charge in [0.15, 0.2) is 0 Å². The average Bonchev–Trinajstić information content (AvgIpc) is 2.27. The normalized spacial score (nSPS) is 25.2. The molecule has 2 unspecified atom stereocenters. The second-order valence-electron chi connectivity index (χ2n) is 5.07. The number of aryl methyl sites for hydroxylation is 1. The maximum atomic E-state index is 2.45. The van der Waals surface area contributed by atoms with Crippen molar-refractivity contribution in [3.63, 3.8) is 0 Å². The standard InChI is InChI=1S/C16H21/c1-13-10-14(2)12-16(11-13)9-8-15-6-4-3-5-7-15/h3-7,10-11,14,16H,8-9,12H2,1-2H3. The van der Waals surface area contributed by atoms with Crippen LogP contribution < -0.4 is 0 Å². The summed E-state index contributed by atoms with van der Waals surface area (Å²) in [5, 5.41) is 0. The highest BCUT2D eigenvalue weighted by Crippen LogP contribution is 2.29. The molecule has 1 aromatic carbocycles. The Kier molecular flexibility index (Phi) is 3.82. The molecule has 1 aromatic rings. The zero-order valence-electron chi connectivity index (χ0n) is 10.3. The van der Waals surface area contributed by atoms with Crippen LogP contribution in [0.3, 0.4) is 0 Å². The molecule has 85 valence electrons. The van der Waals surface area contributed by atoms with Crippen molar-refractivity contribution in [1.82, 2.24) is 0 Å². The van der Waals surface area contributed by atoms with Crippen LogP contribution in [0, 0.1) is 18.3 Å². The van der Waals surface area contributed by atoms with Gasteiger partial charge in [-0.15, -0.1) is 0 Å². The largest absolute Gasteiger partial charge is 0.0822 e. The fourth-order valence-corrected chi connectivity index (χ4v) is 2.69. The van der Waals surface area contributed by atoms with E-state index < -0.39 is 0 Å². The molecule has 0 fully saturated rings. The van der Waals surface area contributed by atoms with Gasteiger partial charge in [-0.05, 0) is 50.0 Å². The van der Waals surface area contributed by atoms with Crippen LogP contribution in [0.5, 0.6) is 0 Å². The predicted molar refractivity (Wildman–Crippen MR) is 70.1 cm³/mol. The Hall–Kier alpha value is -1.04. The lowest BCUT2D eigenvalue weighted by molar-refractivity contribution is 0.446. The van der Waals surface area contributed by atoms with E-state index in [-0.39, 0.29) is 0 Å². The smallest absolute Gasteiger partial charge is 0.0112 e. The molecule has 0 spiro atoms. The Balaban J connectivity index is 1.89. The Morgan fingerprint density at radius 1 is 1.19 bits per heavy atom. The molecular weight excluding hydrogens is 192 g/mol. The summed E-state index contributed by atoms with van der Waals surface area (Å²) in [7, 11) is 0. The minimum Gasteiger partial charge on any atom is -0.0822 e. The Bertz CT molecular complexity index is 348. The van der Waals surface area contributed by atoms with Gasteiger partial charge in [0.25, 0.3) is 0 Å². The third kappa shape index (κ3) is 3.23. The third-order valence-corrected chi connectivity index (χ3v) is 3.37. The second-order valence-corrected chi connectivity index (χ2v) is 5.07. The van der Waals surface area contributed by atoms with Gasteiger partial charge < -0.3 is 0 Å². The van der Waals surface area contributed by atoms with E-state index in [2.05, 4.69) is 56.7 Å². The minimum atomic E-state index is 0.755. The lowest BCUT2D eigenvalue weighted by atomic mass is 9.81. The summed E-state index contributed by atoms with van der Waals surface area (Å²) in [5.41, 5.74) is 2.94. The monoisotopic (exact) mass is 213 g/mol. The predicted octanol–water partition coefficient (Wildman–Crippen LogP) is 4.43. The van der Waals surface area contributed by atoms with E-state index in [9.17, 15) is 0 Å². The highest BCUT2D eigenvalue weighted by molar-refractivity contribution is 5.19. The summed E-state index contributed by atoms with van der Waals surface area (Å²) < 4.78 is 0. The topological polar surface area (TPSA) is 0 Å². The molecule has 0 aromatic heterocycles. The molecule has 0 heterocycles. The van der Waals surface area contributed by atoms with Gasteiger partial charge >= 0.3 is 0 Å². The number of hydrogen-bond acceptors (Lipinski definition) is 0. The molecule has 1 aliphatic rings. The van der Waals surface area contributed by atoms with Crippen molar-refractivity contribution in [2.75, 3.05) is 0 Å². The molecule has 0 N–H and O–H groups in total. The van der Waals surface area contributed by atoms with Gasteiger partial charge in [0.05, 0.1) is 0 Å². The molecule has 0 aliphatic heterocycles. The van der Waals surface area contributed by atoms with E-state index in [1.54, 1.807) is 0 Å². The summed E-state index contributed by atoms with van der Waals surface area (Å²) in [6, 6.07) is 10.8. The lowest BCUT2D eigenvalue weighted by Crippen LogP contribution is -2.12.